The quantitative estimate of drug-likeness (QED) is 0.931. The summed E-state index contributed by atoms with van der Waals surface area (Å²) in [6.07, 6.45) is 0. The lowest BCUT2D eigenvalue weighted by molar-refractivity contribution is -0.182. The summed E-state index contributed by atoms with van der Waals surface area (Å²) in [5.74, 6) is -1.63. The molecule has 5 heteroatoms. The Kier molecular flexibility index (Phi) is 4.08. The molecule has 0 radical (unpaired) electrons. The molecule has 0 spiro atoms. The van der Waals surface area contributed by atoms with Crippen LogP contribution >= 0.6 is 0 Å². The largest absolute Gasteiger partial charge is 0.478 e. The minimum atomic E-state index is -1.10. The summed E-state index contributed by atoms with van der Waals surface area (Å²) in [6.45, 7) is 9.94. The second-order valence-corrected chi connectivity index (χ2v) is 6.87. The van der Waals surface area contributed by atoms with Gasteiger partial charge in [0.1, 0.15) is 5.82 Å². The number of morpholine rings is 1. The van der Waals surface area contributed by atoms with E-state index < -0.39 is 11.8 Å². The first-order chi connectivity index (χ1) is 9.58. The Balaban J connectivity index is 2.24. The van der Waals surface area contributed by atoms with Crippen LogP contribution in [0.4, 0.5) is 4.39 Å². The van der Waals surface area contributed by atoms with Crippen LogP contribution in [0, 0.1) is 5.82 Å². The smallest absolute Gasteiger partial charge is 0.336 e. The molecule has 0 saturated carbocycles. The second-order valence-electron chi connectivity index (χ2n) is 6.87. The van der Waals surface area contributed by atoms with Gasteiger partial charge in [-0.25, -0.2) is 9.18 Å². The summed E-state index contributed by atoms with van der Waals surface area (Å²) in [6, 6.07) is 3.93. The van der Waals surface area contributed by atoms with Gasteiger partial charge >= 0.3 is 5.97 Å². The van der Waals surface area contributed by atoms with Gasteiger partial charge in [0.25, 0.3) is 0 Å². The van der Waals surface area contributed by atoms with Crippen molar-refractivity contribution in [1.82, 2.24) is 4.90 Å². The third-order valence-corrected chi connectivity index (χ3v) is 3.46. The Labute approximate surface area is 124 Å². The van der Waals surface area contributed by atoms with Gasteiger partial charge in [0.05, 0.1) is 16.8 Å². The van der Waals surface area contributed by atoms with Gasteiger partial charge in [-0.3, -0.25) is 4.90 Å². The van der Waals surface area contributed by atoms with E-state index in [1.165, 1.54) is 6.07 Å². The number of hydrogen-bond donors (Lipinski definition) is 1. The molecule has 1 N–H and O–H groups in total. The van der Waals surface area contributed by atoms with Crippen LogP contribution in [-0.2, 0) is 11.3 Å². The molecule has 1 saturated heterocycles. The first-order valence-electron chi connectivity index (χ1n) is 7.02. The molecule has 2 rings (SSSR count). The molecule has 116 valence electrons. The van der Waals surface area contributed by atoms with Gasteiger partial charge in [-0.15, -0.1) is 0 Å². The first-order valence-corrected chi connectivity index (χ1v) is 7.02. The highest BCUT2D eigenvalue weighted by Gasteiger charge is 2.38. The zero-order chi connectivity index (χ0) is 15.8. The molecule has 1 aliphatic heterocycles. The zero-order valence-corrected chi connectivity index (χ0v) is 12.9. The van der Waals surface area contributed by atoms with E-state index in [1.807, 2.05) is 27.7 Å². The predicted octanol–water partition coefficient (Wildman–Crippen LogP) is 2.91. The number of carboxylic acid groups (broad SMARTS) is 1. The van der Waals surface area contributed by atoms with Crippen LogP contribution in [0.25, 0.3) is 0 Å². The number of halogens is 1. The lowest BCUT2D eigenvalue weighted by atomic mass is 9.97. The number of aromatic carboxylic acids is 1. The third-order valence-electron chi connectivity index (χ3n) is 3.46. The Morgan fingerprint density at radius 2 is 1.86 bits per heavy atom. The number of rotatable bonds is 3. The molecule has 0 atom stereocenters. The summed E-state index contributed by atoms with van der Waals surface area (Å²) in [5.41, 5.74) is 0.0468. The highest BCUT2D eigenvalue weighted by atomic mass is 19.1. The van der Waals surface area contributed by atoms with Crippen molar-refractivity contribution in [3.05, 3.63) is 35.1 Å². The summed E-state index contributed by atoms with van der Waals surface area (Å²) in [5, 5.41) is 9.22. The summed E-state index contributed by atoms with van der Waals surface area (Å²) >= 11 is 0. The Hall–Kier alpha value is -1.46. The fourth-order valence-electron chi connectivity index (χ4n) is 3.18. The highest BCUT2D eigenvalue weighted by Crippen LogP contribution is 2.29. The molecule has 1 heterocycles. The van der Waals surface area contributed by atoms with Crippen molar-refractivity contribution < 1.29 is 19.0 Å². The minimum absolute atomic E-state index is 0.0251. The van der Waals surface area contributed by atoms with Gasteiger partial charge in [-0.1, -0.05) is 6.07 Å². The van der Waals surface area contributed by atoms with Crippen molar-refractivity contribution in [2.24, 2.45) is 0 Å². The average molecular weight is 295 g/mol. The SMILES string of the molecule is CC1(C)CN(Cc2ccc(F)cc2C(=O)O)CC(C)(C)O1. The van der Waals surface area contributed by atoms with Gasteiger partial charge in [-0.05, 0) is 45.4 Å². The molecule has 4 nitrogen and oxygen atoms in total. The van der Waals surface area contributed by atoms with E-state index in [1.54, 1.807) is 6.07 Å². The van der Waals surface area contributed by atoms with Crippen LogP contribution < -0.4 is 0 Å². The maximum atomic E-state index is 13.2. The highest BCUT2D eigenvalue weighted by molar-refractivity contribution is 5.89. The maximum absolute atomic E-state index is 13.2. The van der Waals surface area contributed by atoms with E-state index in [4.69, 9.17) is 4.74 Å². The molecule has 1 aromatic rings. The summed E-state index contributed by atoms with van der Waals surface area (Å²) in [4.78, 5) is 13.4. The average Bonchev–Trinajstić information content (AvgIpc) is 2.27. The van der Waals surface area contributed by atoms with E-state index in [0.29, 0.717) is 25.2 Å². The topological polar surface area (TPSA) is 49.8 Å². The molecule has 0 amide bonds. The number of ether oxygens (including phenoxy) is 1. The molecule has 0 aliphatic carbocycles. The number of carboxylic acids is 1. The van der Waals surface area contributed by atoms with E-state index in [9.17, 15) is 14.3 Å². The number of benzene rings is 1. The van der Waals surface area contributed by atoms with Crippen LogP contribution in [0.15, 0.2) is 18.2 Å². The number of hydrogen-bond acceptors (Lipinski definition) is 3. The van der Waals surface area contributed by atoms with E-state index in [-0.39, 0.29) is 16.8 Å². The van der Waals surface area contributed by atoms with Crippen molar-refractivity contribution in [2.75, 3.05) is 13.1 Å². The van der Waals surface area contributed by atoms with Crippen molar-refractivity contribution >= 4 is 5.97 Å². The third kappa shape index (κ3) is 4.02. The Morgan fingerprint density at radius 3 is 2.38 bits per heavy atom. The standard InChI is InChI=1S/C16H22FNO3/c1-15(2)9-18(10-16(3,4)21-15)8-11-5-6-12(17)7-13(11)14(19)20/h5-7H,8-10H2,1-4H3,(H,19,20). The van der Waals surface area contributed by atoms with Gasteiger partial charge in [0.2, 0.25) is 0 Å². The van der Waals surface area contributed by atoms with Gasteiger partial charge in [-0.2, -0.15) is 0 Å². The van der Waals surface area contributed by atoms with Crippen LogP contribution in [0.5, 0.6) is 0 Å². The molecule has 21 heavy (non-hydrogen) atoms. The van der Waals surface area contributed by atoms with E-state index >= 15 is 0 Å². The van der Waals surface area contributed by atoms with Crippen LogP contribution in [-0.4, -0.2) is 40.3 Å². The van der Waals surface area contributed by atoms with Crippen molar-refractivity contribution in [3.8, 4) is 0 Å². The molecule has 0 aromatic heterocycles. The van der Waals surface area contributed by atoms with Gasteiger partial charge < -0.3 is 9.84 Å². The van der Waals surface area contributed by atoms with Crippen molar-refractivity contribution in [3.63, 3.8) is 0 Å². The van der Waals surface area contributed by atoms with E-state index in [2.05, 4.69) is 4.90 Å². The normalized spacial score (nSPS) is 21.2. The van der Waals surface area contributed by atoms with Crippen molar-refractivity contribution in [1.29, 1.82) is 0 Å². The lowest BCUT2D eigenvalue weighted by Crippen LogP contribution is -2.56. The minimum Gasteiger partial charge on any atom is -0.478 e. The summed E-state index contributed by atoms with van der Waals surface area (Å²) in [7, 11) is 0. The predicted molar refractivity (Wildman–Crippen MR) is 77.9 cm³/mol. The second kappa shape index (κ2) is 5.39. The molecule has 0 unspecified atom stereocenters. The fourth-order valence-corrected chi connectivity index (χ4v) is 3.18. The first kappa shape index (κ1) is 15.9. The van der Waals surface area contributed by atoms with Gasteiger partial charge in [0, 0.05) is 19.6 Å². The Bertz CT molecular complexity index is 538. The lowest BCUT2D eigenvalue weighted by Gasteiger charge is -2.47. The zero-order valence-electron chi connectivity index (χ0n) is 12.9. The number of nitrogens with zero attached hydrogens (tertiary/aromatic N) is 1. The molecular weight excluding hydrogens is 273 g/mol. The van der Waals surface area contributed by atoms with Crippen LogP contribution in [0.1, 0.15) is 43.6 Å². The molecule has 1 aliphatic rings. The van der Waals surface area contributed by atoms with Crippen molar-refractivity contribution in [2.45, 2.75) is 45.4 Å². The van der Waals surface area contributed by atoms with Crippen LogP contribution in [0.3, 0.4) is 0 Å². The van der Waals surface area contributed by atoms with Gasteiger partial charge in [0.15, 0.2) is 0 Å². The van der Waals surface area contributed by atoms with Crippen LogP contribution in [0.2, 0.25) is 0 Å². The maximum Gasteiger partial charge on any atom is 0.336 e. The van der Waals surface area contributed by atoms with E-state index in [0.717, 1.165) is 6.07 Å². The fraction of sp³-hybridized carbons (Fsp3) is 0.562. The molecule has 1 fully saturated rings. The molecule has 0 bridgehead atoms. The summed E-state index contributed by atoms with van der Waals surface area (Å²) < 4.78 is 19.2. The Morgan fingerprint density at radius 1 is 1.29 bits per heavy atom. The molecule has 1 aromatic carbocycles. The molecular formula is C16H22FNO3. The monoisotopic (exact) mass is 295 g/mol. The number of carbonyl (C=O) groups is 1.